The molecule has 0 fully saturated rings. The number of nitrogens with zero attached hydrogens (tertiary/aromatic N) is 1. The largest absolute Gasteiger partial charge is 0.497 e. The van der Waals surface area contributed by atoms with Crippen molar-refractivity contribution < 1.29 is 14.3 Å². The molecule has 0 aliphatic carbocycles. The van der Waals surface area contributed by atoms with E-state index in [1.807, 2.05) is 31.2 Å². The molecular formula is C19H21ClN2O3. The number of hydrogen-bond donors (Lipinski definition) is 1. The van der Waals surface area contributed by atoms with Gasteiger partial charge in [-0.15, -0.1) is 0 Å². The SMILES string of the molecule is COc1ccc(CNC(=O)CN(C(C)=O)c2ccc(Cl)cc2C)cc1. The van der Waals surface area contributed by atoms with Crippen LogP contribution in [0.2, 0.25) is 5.02 Å². The van der Waals surface area contributed by atoms with Gasteiger partial charge in [-0.25, -0.2) is 0 Å². The lowest BCUT2D eigenvalue weighted by Gasteiger charge is -2.22. The topological polar surface area (TPSA) is 58.6 Å². The highest BCUT2D eigenvalue weighted by molar-refractivity contribution is 6.30. The lowest BCUT2D eigenvalue weighted by molar-refractivity contribution is -0.123. The van der Waals surface area contributed by atoms with Crippen molar-refractivity contribution in [1.29, 1.82) is 0 Å². The van der Waals surface area contributed by atoms with Crippen molar-refractivity contribution in [3.8, 4) is 5.75 Å². The molecule has 0 spiro atoms. The van der Waals surface area contributed by atoms with Gasteiger partial charge in [0.15, 0.2) is 0 Å². The molecule has 2 amide bonds. The number of carbonyl (C=O) groups excluding carboxylic acids is 2. The average Bonchev–Trinajstić information content (AvgIpc) is 2.58. The van der Waals surface area contributed by atoms with Gasteiger partial charge >= 0.3 is 0 Å². The molecule has 5 nitrogen and oxygen atoms in total. The van der Waals surface area contributed by atoms with E-state index in [4.69, 9.17) is 16.3 Å². The fourth-order valence-corrected chi connectivity index (χ4v) is 2.66. The first-order valence-electron chi connectivity index (χ1n) is 7.84. The molecule has 2 aromatic carbocycles. The Labute approximate surface area is 152 Å². The number of amides is 2. The second-order valence-electron chi connectivity index (χ2n) is 5.66. The van der Waals surface area contributed by atoms with E-state index in [9.17, 15) is 9.59 Å². The van der Waals surface area contributed by atoms with Crippen LogP contribution in [0, 0.1) is 6.92 Å². The highest BCUT2D eigenvalue weighted by Gasteiger charge is 2.17. The average molecular weight is 361 g/mol. The van der Waals surface area contributed by atoms with Crippen LogP contribution >= 0.6 is 11.6 Å². The smallest absolute Gasteiger partial charge is 0.240 e. The second-order valence-corrected chi connectivity index (χ2v) is 6.10. The first kappa shape index (κ1) is 18.8. The molecule has 0 aliphatic heterocycles. The minimum Gasteiger partial charge on any atom is -0.497 e. The Hall–Kier alpha value is -2.53. The highest BCUT2D eigenvalue weighted by atomic mass is 35.5. The van der Waals surface area contributed by atoms with Gasteiger partial charge in [0.25, 0.3) is 0 Å². The van der Waals surface area contributed by atoms with Gasteiger partial charge in [0.2, 0.25) is 11.8 Å². The van der Waals surface area contributed by atoms with Gasteiger partial charge in [-0.2, -0.15) is 0 Å². The molecule has 25 heavy (non-hydrogen) atoms. The highest BCUT2D eigenvalue weighted by Crippen LogP contribution is 2.23. The van der Waals surface area contributed by atoms with E-state index in [1.165, 1.54) is 11.8 Å². The summed E-state index contributed by atoms with van der Waals surface area (Å²) in [4.78, 5) is 25.7. The zero-order chi connectivity index (χ0) is 18.4. The number of rotatable bonds is 6. The summed E-state index contributed by atoms with van der Waals surface area (Å²) in [7, 11) is 1.60. The minimum atomic E-state index is -0.236. The van der Waals surface area contributed by atoms with Crippen LogP contribution in [0.15, 0.2) is 42.5 Å². The summed E-state index contributed by atoms with van der Waals surface area (Å²) in [5, 5.41) is 3.41. The first-order chi connectivity index (χ1) is 11.9. The molecule has 0 saturated carbocycles. The molecule has 0 unspecified atom stereocenters. The summed E-state index contributed by atoms with van der Waals surface area (Å²) in [6.07, 6.45) is 0. The van der Waals surface area contributed by atoms with Crippen molar-refractivity contribution >= 4 is 29.1 Å². The number of ether oxygens (including phenoxy) is 1. The van der Waals surface area contributed by atoms with E-state index in [-0.39, 0.29) is 18.4 Å². The number of carbonyl (C=O) groups is 2. The zero-order valence-corrected chi connectivity index (χ0v) is 15.3. The predicted molar refractivity (Wildman–Crippen MR) is 99.1 cm³/mol. The Morgan fingerprint density at radius 2 is 1.84 bits per heavy atom. The van der Waals surface area contributed by atoms with Gasteiger partial charge in [0, 0.05) is 24.2 Å². The van der Waals surface area contributed by atoms with Gasteiger partial charge < -0.3 is 15.0 Å². The molecule has 0 radical (unpaired) electrons. The Morgan fingerprint density at radius 3 is 2.40 bits per heavy atom. The monoisotopic (exact) mass is 360 g/mol. The van der Waals surface area contributed by atoms with Gasteiger partial charge in [-0.3, -0.25) is 9.59 Å². The third-order valence-electron chi connectivity index (χ3n) is 3.78. The van der Waals surface area contributed by atoms with Crippen LogP contribution in [-0.2, 0) is 16.1 Å². The van der Waals surface area contributed by atoms with E-state index < -0.39 is 0 Å². The van der Waals surface area contributed by atoms with Crippen LogP contribution in [0.25, 0.3) is 0 Å². The van der Waals surface area contributed by atoms with Crippen molar-refractivity contribution in [3.63, 3.8) is 0 Å². The van der Waals surface area contributed by atoms with Crippen molar-refractivity contribution in [3.05, 3.63) is 58.6 Å². The molecule has 0 aliphatic rings. The summed E-state index contributed by atoms with van der Waals surface area (Å²) in [5.41, 5.74) is 2.47. The van der Waals surface area contributed by atoms with Gasteiger partial charge in [0.1, 0.15) is 12.3 Å². The first-order valence-corrected chi connectivity index (χ1v) is 8.22. The van der Waals surface area contributed by atoms with Crippen LogP contribution < -0.4 is 15.0 Å². The van der Waals surface area contributed by atoms with E-state index in [1.54, 1.807) is 25.3 Å². The predicted octanol–water partition coefficient (Wildman–Crippen LogP) is 3.33. The molecule has 6 heteroatoms. The number of anilines is 1. The third kappa shape index (κ3) is 5.22. The van der Waals surface area contributed by atoms with Crippen molar-refractivity contribution in [2.45, 2.75) is 20.4 Å². The maximum atomic E-state index is 12.3. The van der Waals surface area contributed by atoms with E-state index in [2.05, 4.69) is 5.32 Å². The summed E-state index contributed by atoms with van der Waals surface area (Å²) in [6.45, 7) is 3.62. The van der Waals surface area contributed by atoms with Gasteiger partial charge in [-0.1, -0.05) is 23.7 Å². The summed E-state index contributed by atoms with van der Waals surface area (Å²) < 4.78 is 5.10. The summed E-state index contributed by atoms with van der Waals surface area (Å²) in [5.74, 6) is 0.321. The van der Waals surface area contributed by atoms with Gasteiger partial charge in [-0.05, 0) is 48.4 Å². The van der Waals surface area contributed by atoms with E-state index in [0.717, 1.165) is 16.9 Å². The minimum absolute atomic E-state index is 0.0477. The van der Waals surface area contributed by atoms with Crippen molar-refractivity contribution in [2.75, 3.05) is 18.6 Å². The zero-order valence-electron chi connectivity index (χ0n) is 14.5. The Kier molecular flexibility index (Phi) is 6.42. The normalized spacial score (nSPS) is 10.2. The molecule has 0 bridgehead atoms. The lowest BCUT2D eigenvalue weighted by atomic mass is 10.1. The number of nitrogens with one attached hydrogen (secondary N) is 1. The number of halogens is 1. The fraction of sp³-hybridized carbons (Fsp3) is 0.263. The van der Waals surface area contributed by atoms with Crippen LogP contribution in [-0.4, -0.2) is 25.5 Å². The maximum Gasteiger partial charge on any atom is 0.240 e. The van der Waals surface area contributed by atoms with Crippen LogP contribution in [0.4, 0.5) is 5.69 Å². The van der Waals surface area contributed by atoms with E-state index in [0.29, 0.717) is 17.3 Å². The standard InChI is InChI=1S/C19H21ClN2O3/c1-13-10-16(20)6-9-18(13)22(14(2)23)12-19(24)21-11-15-4-7-17(25-3)8-5-15/h4-10H,11-12H2,1-3H3,(H,21,24). The Bertz CT molecular complexity index is 760. The van der Waals surface area contributed by atoms with Crippen LogP contribution in [0.5, 0.6) is 5.75 Å². The molecule has 2 aromatic rings. The Balaban J connectivity index is 2.01. The second kappa shape index (κ2) is 8.53. The summed E-state index contributed by atoms with van der Waals surface area (Å²) in [6, 6.07) is 12.6. The number of methoxy groups -OCH3 is 1. The quantitative estimate of drug-likeness (QED) is 0.859. The van der Waals surface area contributed by atoms with Crippen LogP contribution in [0.3, 0.4) is 0 Å². The fourth-order valence-electron chi connectivity index (χ4n) is 2.43. The number of aryl methyl sites for hydroxylation is 1. The van der Waals surface area contributed by atoms with Crippen molar-refractivity contribution in [1.82, 2.24) is 5.32 Å². The molecule has 0 aromatic heterocycles. The molecule has 2 rings (SSSR count). The molecule has 0 atom stereocenters. The van der Waals surface area contributed by atoms with Crippen molar-refractivity contribution in [2.24, 2.45) is 0 Å². The summed E-state index contributed by atoms with van der Waals surface area (Å²) >= 11 is 5.95. The molecule has 1 N–H and O–H groups in total. The molecule has 132 valence electrons. The molecular weight excluding hydrogens is 340 g/mol. The van der Waals surface area contributed by atoms with Crippen LogP contribution in [0.1, 0.15) is 18.1 Å². The number of hydrogen-bond acceptors (Lipinski definition) is 3. The number of benzene rings is 2. The molecule has 0 heterocycles. The van der Waals surface area contributed by atoms with E-state index >= 15 is 0 Å². The lowest BCUT2D eigenvalue weighted by Crippen LogP contribution is -2.39. The third-order valence-corrected chi connectivity index (χ3v) is 4.02. The Morgan fingerprint density at radius 1 is 1.16 bits per heavy atom. The molecule has 0 saturated heterocycles. The maximum absolute atomic E-state index is 12.3. The van der Waals surface area contributed by atoms with Gasteiger partial charge in [0.05, 0.1) is 7.11 Å².